The van der Waals surface area contributed by atoms with Gasteiger partial charge in [-0.3, -0.25) is 0 Å². The van der Waals surface area contributed by atoms with Gasteiger partial charge in [0.05, 0.1) is 0 Å². The van der Waals surface area contributed by atoms with Crippen molar-refractivity contribution >= 4 is 0 Å². The van der Waals surface area contributed by atoms with E-state index in [0.717, 1.165) is 0 Å². The molecule has 2 aliphatic rings. The molecule has 0 radical (unpaired) electrons. The van der Waals surface area contributed by atoms with Crippen LogP contribution in [0.1, 0.15) is 39.5 Å². The van der Waals surface area contributed by atoms with Crippen LogP contribution in [0.25, 0.3) is 0 Å². The van der Waals surface area contributed by atoms with E-state index in [9.17, 15) is 0 Å². The topological polar surface area (TPSA) is 0 Å². The largest absolute Gasteiger partial charge is 0.0885 e. The summed E-state index contributed by atoms with van der Waals surface area (Å²) in [6, 6.07) is 0. The van der Waals surface area contributed by atoms with Crippen molar-refractivity contribution in [3.8, 4) is 0 Å². The lowest BCUT2D eigenvalue weighted by Crippen LogP contribution is -2.06. The van der Waals surface area contributed by atoms with Gasteiger partial charge in [0, 0.05) is 0 Å². The van der Waals surface area contributed by atoms with Gasteiger partial charge in [0.1, 0.15) is 0 Å². The molecule has 0 nitrogen and oxygen atoms in total. The first-order chi connectivity index (χ1) is 6.21. The normalized spacial score (nSPS) is 22.6. The summed E-state index contributed by atoms with van der Waals surface area (Å²) < 4.78 is 0. The van der Waals surface area contributed by atoms with Crippen molar-refractivity contribution in [3.63, 3.8) is 0 Å². The smallest absolute Gasteiger partial charge is 0.0137 e. The number of rotatable bonds is 0. The minimum absolute atomic E-state index is 0.411. The van der Waals surface area contributed by atoms with E-state index in [1.165, 1.54) is 25.7 Å². The Balaban J connectivity index is 0.000000145. The van der Waals surface area contributed by atoms with Gasteiger partial charge in [-0.25, -0.2) is 0 Å². The van der Waals surface area contributed by atoms with Crippen molar-refractivity contribution in [3.05, 3.63) is 36.5 Å². The maximum atomic E-state index is 2.24. The van der Waals surface area contributed by atoms with Gasteiger partial charge in [0.2, 0.25) is 0 Å². The Bertz CT molecular complexity index is 210. The molecular formula is C13H20. The molecule has 0 bridgehead atoms. The zero-order valence-corrected chi connectivity index (χ0v) is 8.79. The minimum Gasteiger partial charge on any atom is -0.0885 e. The lowest BCUT2D eigenvalue weighted by atomic mass is 9.86. The van der Waals surface area contributed by atoms with Crippen LogP contribution in [0.5, 0.6) is 0 Å². The van der Waals surface area contributed by atoms with Crippen LogP contribution < -0.4 is 0 Å². The Morgan fingerprint density at radius 1 is 0.923 bits per heavy atom. The van der Waals surface area contributed by atoms with Gasteiger partial charge >= 0.3 is 0 Å². The van der Waals surface area contributed by atoms with Gasteiger partial charge in [-0.2, -0.15) is 0 Å². The Hall–Kier alpha value is -0.780. The van der Waals surface area contributed by atoms with Crippen molar-refractivity contribution in [1.82, 2.24) is 0 Å². The summed E-state index contributed by atoms with van der Waals surface area (Å²) in [5.41, 5.74) is 0.411. The number of hydrogen-bond acceptors (Lipinski definition) is 0. The standard InChI is InChI=1S/C8H12.C5H8/c1-8(2)6-4-3-5-7-8;1-2-4-5-3-1/h3-6H,7H2,1-2H3;1-2H,3-5H2. The van der Waals surface area contributed by atoms with Gasteiger partial charge in [-0.15, -0.1) is 0 Å². The average Bonchev–Trinajstić information content (AvgIpc) is 2.60. The molecule has 0 spiro atoms. The van der Waals surface area contributed by atoms with Gasteiger partial charge < -0.3 is 0 Å². The first-order valence-electron chi connectivity index (χ1n) is 5.20. The second-order valence-corrected chi connectivity index (χ2v) is 4.38. The monoisotopic (exact) mass is 176 g/mol. The van der Waals surface area contributed by atoms with Crippen molar-refractivity contribution in [2.24, 2.45) is 5.41 Å². The molecule has 0 heteroatoms. The van der Waals surface area contributed by atoms with Crippen molar-refractivity contribution in [1.29, 1.82) is 0 Å². The molecule has 72 valence electrons. The highest BCUT2D eigenvalue weighted by Crippen LogP contribution is 2.24. The first-order valence-corrected chi connectivity index (χ1v) is 5.20. The van der Waals surface area contributed by atoms with Gasteiger partial charge in [0.15, 0.2) is 0 Å². The van der Waals surface area contributed by atoms with Crippen LogP contribution >= 0.6 is 0 Å². The molecular weight excluding hydrogens is 156 g/mol. The fourth-order valence-electron chi connectivity index (χ4n) is 1.42. The fraction of sp³-hybridized carbons (Fsp3) is 0.538. The zero-order chi connectivity index (χ0) is 9.57. The van der Waals surface area contributed by atoms with Gasteiger partial charge in [0.25, 0.3) is 0 Å². The maximum absolute atomic E-state index is 2.24. The summed E-state index contributed by atoms with van der Waals surface area (Å²) >= 11 is 0. The second-order valence-electron chi connectivity index (χ2n) is 4.38. The number of allylic oxidation sites excluding steroid dienone is 6. The molecule has 0 saturated heterocycles. The van der Waals surface area contributed by atoms with Crippen LogP contribution in [0.4, 0.5) is 0 Å². The highest BCUT2D eigenvalue weighted by molar-refractivity contribution is 5.14. The second kappa shape index (κ2) is 5.06. The quantitative estimate of drug-likeness (QED) is 0.484. The molecule has 0 heterocycles. The molecule has 2 aliphatic carbocycles. The predicted molar refractivity (Wildman–Crippen MR) is 59.7 cm³/mol. The Kier molecular flexibility index (Phi) is 4.01. The van der Waals surface area contributed by atoms with E-state index < -0.39 is 0 Å². The molecule has 0 fully saturated rings. The third-order valence-corrected chi connectivity index (χ3v) is 2.35. The molecule has 0 atom stereocenters. The molecule has 0 amide bonds. The minimum atomic E-state index is 0.411. The van der Waals surface area contributed by atoms with E-state index >= 15 is 0 Å². The maximum Gasteiger partial charge on any atom is -0.0137 e. The Morgan fingerprint density at radius 3 is 1.85 bits per heavy atom. The lowest BCUT2D eigenvalue weighted by Gasteiger charge is -2.19. The van der Waals surface area contributed by atoms with Crippen molar-refractivity contribution < 1.29 is 0 Å². The molecule has 0 N–H and O–H groups in total. The summed E-state index contributed by atoms with van der Waals surface area (Å²) in [6.45, 7) is 4.49. The van der Waals surface area contributed by atoms with Gasteiger partial charge in [-0.1, -0.05) is 50.3 Å². The van der Waals surface area contributed by atoms with E-state index in [1.807, 2.05) is 0 Å². The van der Waals surface area contributed by atoms with Crippen LogP contribution in [-0.4, -0.2) is 0 Å². The molecule has 2 rings (SSSR count). The lowest BCUT2D eigenvalue weighted by molar-refractivity contribution is 0.484. The van der Waals surface area contributed by atoms with Crippen molar-refractivity contribution in [2.45, 2.75) is 39.5 Å². The van der Waals surface area contributed by atoms with Crippen LogP contribution in [-0.2, 0) is 0 Å². The van der Waals surface area contributed by atoms with E-state index in [4.69, 9.17) is 0 Å². The first kappa shape index (κ1) is 10.3. The summed E-state index contributed by atoms with van der Waals surface area (Å²) in [5.74, 6) is 0. The highest BCUT2D eigenvalue weighted by Gasteiger charge is 2.11. The van der Waals surface area contributed by atoms with E-state index in [0.29, 0.717) is 5.41 Å². The third kappa shape index (κ3) is 4.72. The predicted octanol–water partition coefficient (Wildman–Crippen LogP) is 4.26. The summed E-state index contributed by atoms with van der Waals surface area (Å²) in [5, 5.41) is 0. The molecule has 0 unspecified atom stereocenters. The van der Waals surface area contributed by atoms with Crippen molar-refractivity contribution in [2.75, 3.05) is 0 Å². The number of hydrogen-bond donors (Lipinski definition) is 0. The fourth-order valence-corrected chi connectivity index (χ4v) is 1.42. The molecule has 13 heavy (non-hydrogen) atoms. The van der Waals surface area contributed by atoms with E-state index in [2.05, 4.69) is 50.3 Å². The SMILES string of the molecule is C1=CCCC1.CC1(C)C=CC=CC1. The molecule has 0 aromatic rings. The van der Waals surface area contributed by atoms with Gasteiger partial charge in [-0.05, 0) is 31.1 Å². The molecule has 0 saturated carbocycles. The van der Waals surface area contributed by atoms with Crippen LogP contribution in [0.15, 0.2) is 36.5 Å². The van der Waals surface area contributed by atoms with Crippen LogP contribution in [0.2, 0.25) is 0 Å². The Labute approximate surface area is 82.0 Å². The zero-order valence-electron chi connectivity index (χ0n) is 8.79. The Morgan fingerprint density at radius 2 is 1.62 bits per heavy atom. The third-order valence-electron chi connectivity index (χ3n) is 2.35. The molecule has 0 aromatic heterocycles. The summed E-state index contributed by atoms with van der Waals surface area (Å²) in [6.07, 6.45) is 18.4. The van der Waals surface area contributed by atoms with E-state index in [1.54, 1.807) is 0 Å². The van der Waals surface area contributed by atoms with Crippen LogP contribution in [0.3, 0.4) is 0 Å². The van der Waals surface area contributed by atoms with Crippen LogP contribution in [0, 0.1) is 5.41 Å². The summed E-state index contributed by atoms with van der Waals surface area (Å²) in [4.78, 5) is 0. The summed E-state index contributed by atoms with van der Waals surface area (Å²) in [7, 11) is 0. The highest BCUT2D eigenvalue weighted by atomic mass is 14.2. The molecule has 0 aliphatic heterocycles. The molecule has 0 aromatic carbocycles. The van der Waals surface area contributed by atoms with E-state index in [-0.39, 0.29) is 0 Å². The average molecular weight is 176 g/mol.